The van der Waals surface area contributed by atoms with Crippen molar-refractivity contribution in [2.24, 2.45) is 0 Å². The number of hydrogen-bond acceptors (Lipinski definition) is 5. The summed E-state index contributed by atoms with van der Waals surface area (Å²) < 4.78 is 13.4. The maximum Gasteiger partial charge on any atom is 0.245 e. The molecule has 0 aliphatic rings. The van der Waals surface area contributed by atoms with Crippen molar-refractivity contribution in [2.75, 3.05) is 7.11 Å². The second-order valence-corrected chi connectivity index (χ2v) is 6.88. The maximum absolute atomic E-state index is 5.95. The molecule has 3 aromatic rings. The van der Waals surface area contributed by atoms with Gasteiger partial charge in [0.1, 0.15) is 24.5 Å². The molecular weight excluding hydrogens is 316 g/mol. The minimum atomic E-state index is -0.113. The molecule has 0 saturated carbocycles. The van der Waals surface area contributed by atoms with Crippen molar-refractivity contribution in [1.29, 1.82) is 0 Å². The van der Waals surface area contributed by atoms with Gasteiger partial charge in [0.2, 0.25) is 5.88 Å². The van der Waals surface area contributed by atoms with E-state index >= 15 is 0 Å². The molecule has 2 aromatic heterocycles. The first kappa shape index (κ1) is 17.2. The second-order valence-electron chi connectivity index (χ2n) is 6.88. The Morgan fingerprint density at radius 1 is 1.16 bits per heavy atom. The minimum Gasteiger partial charge on any atom is -0.497 e. The van der Waals surface area contributed by atoms with Crippen LogP contribution in [0.4, 0.5) is 0 Å². The van der Waals surface area contributed by atoms with Crippen LogP contribution in [-0.4, -0.2) is 26.6 Å². The van der Waals surface area contributed by atoms with E-state index < -0.39 is 0 Å². The number of rotatable bonds is 5. The topological polar surface area (TPSA) is 62.1 Å². The number of fused-ring (bicyclic) bond motifs is 1. The van der Waals surface area contributed by atoms with Crippen molar-refractivity contribution in [3.05, 3.63) is 42.0 Å². The van der Waals surface area contributed by atoms with E-state index in [0.29, 0.717) is 18.0 Å². The molecule has 0 aliphatic heterocycles. The molecule has 6 nitrogen and oxygen atoms in total. The molecule has 132 valence electrons. The van der Waals surface area contributed by atoms with Gasteiger partial charge in [-0.3, -0.25) is 0 Å². The van der Waals surface area contributed by atoms with Crippen LogP contribution in [0.3, 0.4) is 0 Å². The maximum atomic E-state index is 5.95. The van der Waals surface area contributed by atoms with Crippen LogP contribution in [0.2, 0.25) is 0 Å². The molecule has 25 heavy (non-hydrogen) atoms. The summed E-state index contributed by atoms with van der Waals surface area (Å²) in [6, 6.07) is 7.79. The van der Waals surface area contributed by atoms with E-state index in [9.17, 15) is 0 Å². The Bertz CT molecular complexity index is 881. The molecule has 0 aliphatic carbocycles. The Kier molecular flexibility index (Phi) is 4.61. The van der Waals surface area contributed by atoms with Gasteiger partial charge in [-0.2, -0.15) is 4.98 Å². The van der Waals surface area contributed by atoms with Gasteiger partial charge in [0.25, 0.3) is 0 Å². The standard InChI is InChI=1S/C19H24N4O2/c1-6-15-22-16-17(23(15)19(2,3)4)20-12-21-18(16)25-11-13-8-7-9-14(10-13)24-5/h7-10,12H,6,11H2,1-5H3. The summed E-state index contributed by atoms with van der Waals surface area (Å²) in [6.45, 7) is 8.92. The fraction of sp³-hybridized carbons (Fsp3) is 0.421. The van der Waals surface area contributed by atoms with Gasteiger partial charge in [0.15, 0.2) is 11.2 Å². The van der Waals surface area contributed by atoms with Crippen molar-refractivity contribution >= 4 is 11.2 Å². The number of imidazole rings is 1. The number of nitrogens with zero attached hydrogens (tertiary/aromatic N) is 4. The van der Waals surface area contributed by atoms with Crippen molar-refractivity contribution in [2.45, 2.75) is 46.3 Å². The zero-order valence-electron chi connectivity index (χ0n) is 15.4. The SMILES string of the molecule is CCc1nc2c(OCc3cccc(OC)c3)ncnc2n1C(C)(C)C. The number of aromatic nitrogens is 4. The molecule has 0 radical (unpaired) electrons. The van der Waals surface area contributed by atoms with Crippen molar-refractivity contribution in [3.8, 4) is 11.6 Å². The molecule has 0 N–H and O–H groups in total. The molecule has 0 atom stereocenters. The van der Waals surface area contributed by atoms with Crippen LogP contribution in [0, 0.1) is 0 Å². The molecule has 1 aromatic carbocycles. The minimum absolute atomic E-state index is 0.113. The van der Waals surface area contributed by atoms with E-state index in [1.54, 1.807) is 7.11 Å². The summed E-state index contributed by atoms with van der Waals surface area (Å²) in [7, 11) is 1.65. The van der Waals surface area contributed by atoms with E-state index in [2.05, 4.69) is 42.2 Å². The van der Waals surface area contributed by atoms with Crippen LogP contribution in [0.15, 0.2) is 30.6 Å². The Morgan fingerprint density at radius 3 is 2.64 bits per heavy atom. The fourth-order valence-corrected chi connectivity index (χ4v) is 2.88. The molecule has 6 heteroatoms. The molecule has 0 bridgehead atoms. The lowest BCUT2D eigenvalue weighted by molar-refractivity contribution is 0.296. The van der Waals surface area contributed by atoms with E-state index in [1.807, 2.05) is 24.3 Å². The van der Waals surface area contributed by atoms with Crippen LogP contribution in [-0.2, 0) is 18.6 Å². The van der Waals surface area contributed by atoms with Gasteiger partial charge in [-0.1, -0.05) is 19.1 Å². The molecule has 0 spiro atoms. The van der Waals surface area contributed by atoms with E-state index in [0.717, 1.165) is 29.2 Å². The van der Waals surface area contributed by atoms with E-state index in [-0.39, 0.29) is 5.54 Å². The van der Waals surface area contributed by atoms with Crippen LogP contribution in [0.25, 0.3) is 11.2 Å². The predicted molar refractivity (Wildman–Crippen MR) is 97.0 cm³/mol. The Hall–Kier alpha value is -2.63. The summed E-state index contributed by atoms with van der Waals surface area (Å²) in [5, 5.41) is 0. The van der Waals surface area contributed by atoms with Gasteiger partial charge in [0.05, 0.1) is 7.11 Å². The lowest BCUT2D eigenvalue weighted by Crippen LogP contribution is -2.24. The summed E-state index contributed by atoms with van der Waals surface area (Å²) >= 11 is 0. The van der Waals surface area contributed by atoms with Crippen LogP contribution in [0.1, 0.15) is 39.1 Å². The highest BCUT2D eigenvalue weighted by atomic mass is 16.5. The first-order chi connectivity index (χ1) is 11.9. The summed E-state index contributed by atoms with van der Waals surface area (Å²) in [4.78, 5) is 13.5. The normalized spacial score (nSPS) is 11.7. The van der Waals surface area contributed by atoms with Gasteiger partial charge in [-0.05, 0) is 38.5 Å². The molecule has 0 unspecified atom stereocenters. The summed E-state index contributed by atoms with van der Waals surface area (Å²) in [5.74, 6) is 2.29. The highest BCUT2D eigenvalue weighted by Gasteiger charge is 2.23. The number of aryl methyl sites for hydroxylation is 1. The number of hydrogen-bond donors (Lipinski definition) is 0. The van der Waals surface area contributed by atoms with Crippen molar-refractivity contribution < 1.29 is 9.47 Å². The van der Waals surface area contributed by atoms with Gasteiger partial charge in [0, 0.05) is 12.0 Å². The van der Waals surface area contributed by atoms with Gasteiger partial charge in [-0.25, -0.2) is 9.97 Å². The third-order valence-corrected chi connectivity index (χ3v) is 3.98. The van der Waals surface area contributed by atoms with Gasteiger partial charge >= 0.3 is 0 Å². The van der Waals surface area contributed by atoms with Crippen molar-refractivity contribution in [1.82, 2.24) is 19.5 Å². The van der Waals surface area contributed by atoms with Crippen LogP contribution >= 0.6 is 0 Å². The third-order valence-electron chi connectivity index (χ3n) is 3.98. The molecule has 0 fully saturated rings. The molecule has 2 heterocycles. The molecule has 3 rings (SSSR count). The number of benzene rings is 1. The monoisotopic (exact) mass is 340 g/mol. The first-order valence-electron chi connectivity index (χ1n) is 8.42. The number of methoxy groups -OCH3 is 1. The van der Waals surface area contributed by atoms with E-state index in [4.69, 9.17) is 14.5 Å². The van der Waals surface area contributed by atoms with Crippen molar-refractivity contribution in [3.63, 3.8) is 0 Å². The average Bonchev–Trinajstić information content (AvgIpc) is 2.99. The predicted octanol–water partition coefficient (Wildman–Crippen LogP) is 3.73. The molecular formula is C19H24N4O2. The lowest BCUT2D eigenvalue weighted by Gasteiger charge is -2.23. The molecule has 0 saturated heterocycles. The zero-order valence-corrected chi connectivity index (χ0v) is 15.4. The zero-order chi connectivity index (χ0) is 18.0. The fourth-order valence-electron chi connectivity index (χ4n) is 2.88. The quantitative estimate of drug-likeness (QED) is 0.708. The smallest absolute Gasteiger partial charge is 0.245 e. The lowest BCUT2D eigenvalue weighted by atomic mass is 10.1. The highest BCUT2D eigenvalue weighted by molar-refractivity contribution is 5.77. The van der Waals surface area contributed by atoms with Crippen LogP contribution < -0.4 is 9.47 Å². The average molecular weight is 340 g/mol. The second kappa shape index (κ2) is 6.70. The Labute approximate surface area is 147 Å². The third kappa shape index (κ3) is 3.43. The van der Waals surface area contributed by atoms with Crippen LogP contribution in [0.5, 0.6) is 11.6 Å². The largest absolute Gasteiger partial charge is 0.497 e. The highest BCUT2D eigenvalue weighted by Crippen LogP contribution is 2.28. The number of ether oxygens (including phenoxy) is 2. The van der Waals surface area contributed by atoms with E-state index in [1.165, 1.54) is 6.33 Å². The Balaban J connectivity index is 1.96. The summed E-state index contributed by atoms with van der Waals surface area (Å²) in [5.41, 5.74) is 2.41. The molecule has 0 amide bonds. The Morgan fingerprint density at radius 2 is 1.96 bits per heavy atom. The first-order valence-corrected chi connectivity index (χ1v) is 8.42. The van der Waals surface area contributed by atoms with Gasteiger partial charge in [-0.15, -0.1) is 0 Å². The van der Waals surface area contributed by atoms with Gasteiger partial charge < -0.3 is 14.0 Å². The summed E-state index contributed by atoms with van der Waals surface area (Å²) in [6.07, 6.45) is 2.36.